The summed E-state index contributed by atoms with van der Waals surface area (Å²) in [5.74, 6) is -1.59. The fraction of sp³-hybridized carbons (Fsp3) is 0.273. The Labute approximate surface area is 88.7 Å². The molecule has 4 heteroatoms. The first-order chi connectivity index (χ1) is 7.02. The third-order valence-electron chi connectivity index (χ3n) is 2.23. The Kier molecular flexibility index (Phi) is 3.44. The number of rotatable bonds is 2. The van der Waals surface area contributed by atoms with Gasteiger partial charge in [0.2, 0.25) is 0 Å². The average Bonchev–Trinajstić information content (AvgIpc) is 2.20. The van der Waals surface area contributed by atoms with Gasteiger partial charge in [0.05, 0.1) is 0 Å². The number of benzene rings is 1. The van der Waals surface area contributed by atoms with Crippen LogP contribution in [0, 0.1) is 6.92 Å². The second-order valence-electron chi connectivity index (χ2n) is 3.45. The summed E-state index contributed by atoms with van der Waals surface area (Å²) in [6.45, 7) is 2.35. The van der Waals surface area contributed by atoms with Crippen LogP contribution in [0.2, 0.25) is 0 Å². The van der Waals surface area contributed by atoms with E-state index in [1.807, 2.05) is 31.2 Å². The van der Waals surface area contributed by atoms with Gasteiger partial charge in [-0.05, 0) is 18.1 Å². The third-order valence-corrected chi connectivity index (χ3v) is 2.23. The van der Waals surface area contributed by atoms with Crippen LogP contribution >= 0.6 is 0 Å². The van der Waals surface area contributed by atoms with Crippen LogP contribution in [0.3, 0.4) is 0 Å². The number of carbonyl (C=O) groups excluding carboxylic acids is 2. The van der Waals surface area contributed by atoms with Crippen LogP contribution in [0.25, 0.3) is 0 Å². The minimum absolute atomic E-state index is 0.397. The van der Waals surface area contributed by atoms with E-state index < -0.39 is 11.8 Å². The number of primary amides is 1. The molecule has 0 saturated heterocycles. The lowest BCUT2D eigenvalue weighted by molar-refractivity contribution is -0.143. The quantitative estimate of drug-likeness (QED) is 0.713. The molecule has 0 aromatic heterocycles. The predicted molar refractivity (Wildman–Crippen MR) is 56.8 cm³/mol. The van der Waals surface area contributed by atoms with E-state index in [9.17, 15) is 9.59 Å². The Bertz CT molecular complexity index is 388. The molecule has 0 saturated carbocycles. The van der Waals surface area contributed by atoms with E-state index in [4.69, 9.17) is 5.73 Å². The number of nitrogens with zero attached hydrogens (tertiary/aromatic N) is 1. The first-order valence-electron chi connectivity index (χ1n) is 4.61. The molecular formula is C11H14N2O2. The van der Waals surface area contributed by atoms with Crippen LogP contribution in [-0.2, 0) is 16.1 Å². The lowest BCUT2D eigenvalue weighted by atomic mass is 10.1. The molecule has 1 aromatic rings. The van der Waals surface area contributed by atoms with E-state index >= 15 is 0 Å². The van der Waals surface area contributed by atoms with E-state index in [-0.39, 0.29) is 0 Å². The fourth-order valence-corrected chi connectivity index (χ4v) is 1.30. The highest BCUT2D eigenvalue weighted by Crippen LogP contribution is 2.09. The van der Waals surface area contributed by atoms with Crippen LogP contribution in [0.15, 0.2) is 24.3 Å². The van der Waals surface area contributed by atoms with Gasteiger partial charge in [0.25, 0.3) is 0 Å². The van der Waals surface area contributed by atoms with Crippen molar-refractivity contribution in [2.45, 2.75) is 13.5 Å². The van der Waals surface area contributed by atoms with Gasteiger partial charge in [0.1, 0.15) is 0 Å². The second kappa shape index (κ2) is 4.59. The Hall–Kier alpha value is -1.84. The van der Waals surface area contributed by atoms with Crippen molar-refractivity contribution < 1.29 is 9.59 Å². The van der Waals surface area contributed by atoms with Crippen molar-refractivity contribution in [3.05, 3.63) is 35.4 Å². The van der Waals surface area contributed by atoms with E-state index in [0.29, 0.717) is 6.54 Å². The lowest BCUT2D eigenvalue weighted by Gasteiger charge is -2.16. The molecule has 2 amide bonds. The van der Waals surface area contributed by atoms with Crippen molar-refractivity contribution in [3.8, 4) is 0 Å². The summed E-state index contributed by atoms with van der Waals surface area (Å²) in [7, 11) is 1.56. The smallest absolute Gasteiger partial charge is 0.311 e. The first kappa shape index (κ1) is 11.2. The molecule has 0 heterocycles. The highest BCUT2D eigenvalue weighted by atomic mass is 16.2. The van der Waals surface area contributed by atoms with Gasteiger partial charge in [0, 0.05) is 13.6 Å². The SMILES string of the molecule is Cc1ccccc1CN(C)C(=O)C(N)=O. The van der Waals surface area contributed by atoms with E-state index in [2.05, 4.69) is 0 Å². The van der Waals surface area contributed by atoms with Crippen LogP contribution in [0.4, 0.5) is 0 Å². The third kappa shape index (κ3) is 2.80. The van der Waals surface area contributed by atoms with Gasteiger partial charge in [-0.2, -0.15) is 0 Å². The van der Waals surface area contributed by atoms with Crippen LogP contribution in [-0.4, -0.2) is 23.8 Å². The largest absolute Gasteiger partial charge is 0.361 e. The number of hydrogen-bond acceptors (Lipinski definition) is 2. The van der Waals surface area contributed by atoms with Crippen molar-refractivity contribution in [2.75, 3.05) is 7.05 Å². The summed E-state index contributed by atoms with van der Waals surface area (Å²) in [4.78, 5) is 23.2. The maximum atomic E-state index is 11.2. The molecule has 1 aromatic carbocycles. The molecule has 4 nitrogen and oxygen atoms in total. The van der Waals surface area contributed by atoms with Crippen molar-refractivity contribution in [1.29, 1.82) is 0 Å². The molecule has 2 N–H and O–H groups in total. The number of nitrogens with two attached hydrogens (primary N) is 1. The monoisotopic (exact) mass is 206 g/mol. The normalized spacial score (nSPS) is 9.73. The Morgan fingerprint density at radius 2 is 1.93 bits per heavy atom. The van der Waals surface area contributed by atoms with Gasteiger partial charge in [-0.1, -0.05) is 24.3 Å². The number of hydrogen-bond donors (Lipinski definition) is 1. The van der Waals surface area contributed by atoms with Gasteiger partial charge in [-0.25, -0.2) is 0 Å². The topological polar surface area (TPSA) is 63.4 Å². The summed E-state index contributed by atoms with van der Waals surface area (Å²) < 4.78 is 0. The maximum Gasteiger partial charge on any atom is 0.311 e. The number of amides is 2. The van der Waals surface area contributed by atoms with Gasteiger partial charge in [-0.3, -0.25) is 9.59 Å². The van der Waals surface area contributed by atoms with E-state index in [0.717, 1.165) is 11.1 Å². The molecule has 0 radical (unpaired) electrons. The Balaban J connectivity index is 2.75. The molecule has 0 aliphatic carbocycles. The highest BCUT2D eigenvalue weighted by Gasteiger charge is 2.15. The lowest BCUT2D eigenvalue weighted by Crippen LogP contribution is -2.37. The summed E-state index contributed by atoms with van der Waals surface area (Å²) in [6.07, 6.45) is 0. The summed E-state index contributed by atoms with van der Waals surface area (Å²) in [5, 5.41) is 0. The van der Waals surface area contributed by atoms with Crippen molar-refractivity contribution in [3.63, 3.8) is 0 Å². The standard InChI is InChI=1S/C11H14N2O2/c1-8-5-3-4-6-9(8)7-13(2)11(15)10(12)14/h3-6H,7H2,1-2H3,(H2,12,14). The zero-order valence-electron chi connectivity index (χ0n) is 8.86. The number of aryl methyl sites for hydroxylation is 1. The summed E-state index contributed by atoms with van der Waals surface area (Å²) in [6, 6.07) is 7.69. The summed E-state index contributed by atoms with van der Waals surface area (Å²) >= 11 is 0. The first-order valence-corrected chi connectivity index (χ1v) is 4.61. The molecule has 1 rings (SSSR count). The van der Waals surface area contributed by atoms with Crippen LogP contribution < -0.4 is 5.73 Å². The van der Waals surface area contributed by atoms with E-state index in [1.165, 1.54) is 4.90 Å². The molecule has 0 spiro atoms. The van der Waals surface area contributed by atoms with Crippen molar-refractivity contribution >= 4 is 11.8 Å². The molecule has 0 unspecified atom stereocenters. The Morgan fingerprint density at radius 1 is 1.33 bits per heavy atom. The zero-order chi connectivity index (χ0) is 11.4. The molecule has 0 bridgehead atoms. The van der Waals surface area contributed by atoms with Gasteiger partial charge in [-0.15, -0.1) is 0 Å². The fourth-order valence-electron chi connectivity index (χ4n) is 1.30. The number of carbonyl (C=O) groups is 2. The van der Waals surface area contributed by atoms with Gasteiger partial charge < -0.3 is 10.6 Å². The predicted octanol–water partition coefficient (Wildman–Crippen LogP) is 0.439. The van der Waals surface area contributed by atoms with Crippen molar-refractivity contribution in [2.24, 2.45) is 5.73 Å². The van der Waals surface area contributed by atoms with Crippen molar-refractivity contribution in [1.82, 2.24) is 4.90 Å². The minimum Gasteiger partial charge on any atom is -0.361 e. The molecule has 0 fully saturated rings. The van der Waals surface area contributed by atoms with E-state index in [1.54, 1.807) is 7.05 Å². The Morgan fingerprint density at radius 3 is 2.47 bits per heavy atom. The molecule has 0 atom stereocenters. The minimum atomic E-state index is -0.925. The molecule has 0 aliphatic rings. The van der Waals surface area contributed by atoms with Gasteiger partial charge in [0.15, 0.2) is 0 Å². The average molecular weight is 206 g/mol. The highest BCUT2D eigenvalue weighted by molar-refractivity contribution is 6.34. The zero-order valence-corrected chi connectivity index (χ0v) is 8.86. The second-order valence-corrected chi connectivity index (χ2v) is 3.45. The number of likely N-dealkylation sites (N-methyl/N-ethyl adjacent to an activating group) is 1. The van der Waals surface area contributed by atoms with Crippen LogP contribution in [0.1, 0.15) is 11.1 Å². The molecule has 80 valence electrons. The summed E-state index contributed by atoms with van der Waals surface area (Å²) in [5.41, 5.74) is 6.99. The van der Waals surface area contributed by atoms with Crippen LogP contribution in [0.5, 0.6) is 0 Å². The van der Waals surface area contributed by atoms with Gasteiger partial charge >= 0.3 is 11.8 Å². The molecule has 15 heavy (non-hydrogen) atoms. The maximum absolute atomic E-state index is 11.2. The molecular weight excluding hydrogens is 192 g/mol. The molecule has 0 aliphatic heterocycles.